The third kappa shape index (κ3) is 3.47. The zero-order chi connectivity index (χ0) is 6.41. The van der Waals surface area contributed by atoms with Crippen molar-refractivity contribution in [1.29, 1.82) is 0 Å². The molecule has 0 spiro atoms. The molecule has 0 saturated heterocycles. The maximum atomic E-state index is 4.69. The van der Waals surface area contributed by atoms with Gasteiger partial charge in [0.05, 0.1) is 13.4 Å². The predicted octanol–water partition coefficient (Wildman–Crippen LogP) is 2.11. The van der Waals surface area contributed by atoms with Crippen LogP contribution in [0.2, 0.25) is 0 Å². The van der Waals surface area contributed by atoms with Crippen LogP contribution in [0.1, 0.15) is 13.8 Å². The van der Waals surface area contributed by atoms with Gasteiger partial charge in [0, 0.05) is 0 Å². The molecule has 0 bridgehead atoms. The molecule has 0 aromatic carbocycles. The summed E-state index contributed by atoms with van der Waals surface area (Å²) in [5.74, 6) is 0. The van der Waals surface area contributed by atoms with Crippen LogP contribution in [0.4, 0.5) is 0 Å². The van der Waals surface area contributed by atoms with Gasteiger partial charge in [-0.1, -0.05) is 11.6 Å². The van der Waals surface area contributed by atoms with Crippen LogP contribution in [-0.2, 0) is 4.74 Å². The molecule has 0 heterocycles. The minimum absolute atomic E-state index is 1.21. The van der Waals surface area contributed by atoms with E-state index in [1.54, 1.807) is 13.4 Å². The summed E-state index contributed by atoms with van der Waals surface area (Å²) in [4.78, 5) is 0. The van der Waals surface area contributed by atoms with Crippen molar-refractivity contribution in [2.45, 2.75) is 13.8 Å². The van der Waals surface area contributed by atoms with Crippen LogP contribution < -0.4 is 0 Å². The quantitative estimate of drug-likeness (QED) is 0.392. The smallest absolute Gasteiger partial charge is 0.0827 e. The molecule has 0 N–H and O–H groups in total. The second-order valence-corrected chi connectivity index (χ2v) is 1.57. The topological polar surface area (TPSA) is 9.23 Å². The van der Waals surface area contributed by atoms with Crippen LogP contribution in [0.5, 0.6) is 0 Å². The van der Waals surface area contributed by atoms with Crippen LogP contribution in [0.3, 0.4) is 0 Å². The molecule has 0 fully saturated rings. The highest BCUT2D eigenvalue weighted by Crippen LogP contribution is 1.91. The van der Waals surface area contributed by atoms with Crippen LogP contribution in [0, 0.1) is 0 Å². The zero-order valence-corrected chi connectivity index (χ0v) is 5.64. The average molecular weight is 112 g/mol. The molecule has 0 aromatic rings. The van der Waals surface area contributed by atoms with Crippen molar-refractivity contribution in [1.82, 2.24) is 0 Å². The molecule has 46 valence electrons. The minimum Gasteiger partial charge on any atom is -0.504 e. The molecule has 0 rings (SSSR count). The van der Waals surface area contributed by atoms with E-state index in [1.165, 1.54) is 5.57 Å². The lowest BCUT2D eigenvalue weighted by Gasteiger charge is -1.86. The molecule has 0 amide bonds. The lowest BCUT2D eigenvalue weighted by atomic mass is 10.3. The van der Waals surface area contributed by atoms with E-state index in [-0.39, 0.29) is 0 Å². The summed E-state index contributed by atoms with van der Waals surface area (Å²) < 4.78 is 4.69. The van der Waals surface area contributed by atoms with Gasteiger partial charge >= 0.3 is 0 Å². The molecule has 0 unspecified atom stereocenters. The van der Waals surface area contributed by atoms with Crippen molar-refractivity contribution in [3.63, 3.8) is 0 Å². The van der Waals surface area contributed by atoms with Gasteiger partial charge in [-0.15, -0.1) is 0 Å². The van der Waals surface area contributed by atoms with Crippen molar-refractivity contribution in [3.8, 4) is 0 Å². The first kappa shape index (κ1) is 7.28. The van der Waals surface area contributed by atoms with Gasteiger partial charge in [-0.2, -0.15) is 0 Å². The summed E-state index contributed by atoms with van der Waals surface area (Å²) in [5.41, 5.74) is 1.21. The van der Waals surface area contributed by atoms with E-state index < -0.39 is 0 Å². The molecule has 8 heavy (non-hydrogen) atoms. The number of methoxy groups -OCH3 is 1. The molecule has 0 aromatic heterocycles. The highest BCUT2D eigenvalue weighted by atomic mass is 16.5. The van der Waals surface area contributed by atoms with Gasteiger partial charge in [-0.05, 0) is 19.9 Å². The Morgan fingerprint density at radius 2 is 2.12 bits per heavy atom. The molecule has 0 atom stereocenters. The summed E-state index contributed by atoms with van der Waals surface area (Å²) in [6.07, 6.45) is 5.60. The lowest BCUT2D eigenvalue weighted by molar-refractivity contribution is 0.338. The minimum atomic E-state index is 1.21. The summed E-state index contributed by atoms with van der Waals surface area (Å²) in [6, 6.07) is 0. The van der Waals surface area contributed by atoms with Crippen molar-refractivity contribution in [2.75, 3.05) is 7.11 Å². The van der Waals surface area contributed by atoms with E-state index >= 15 is 0 Å². The average Bonchev–Trinajstić information content (AvgIpc) is 1.83. The number of hydrogen-bond acceptors (Lipinski definition) is 1. The Bertz CT molecular complexity index is 101. The van der Waals surface area contributed by atoms with Crippen molar-refractivity contribution >= 4 is 0 Å². The van der Waals surface area contributed by atoms with Crippen molar-refractivity contribution in [2.24, 2.45) is 0 Å². The van der Waals surface area contributed by atoms with Gasteiger partial charge in [-0.3, -0.25) is 0 Å². The SMILES string of the molecule is CC=C(C)C=COC. The standard InChI is InChI=1S/C7H12O/c1-4-7(2)5-6-8-3/h4-6H,1-3H3. The fourth-order valence-corrected chi connectivity index (χ4v) is 0.272. The van der Waals surface area contributed by atoms with E-state index in [0.717, 1.165) is 0 Å². The fourth-order valence-electron chi connectivity index (χ4n) is 0.272. The second kappa shape index (κ2) is 4.44. The maximum absolute atomic E-state index is 4.69. The van der Waals surface area contributed by atoms with Gasteiger partial charge in [0.15, 0.2) is 0 Å². The van der Waals surface area contributed by atoms with Crippen LogP contribution in [0.15, 0.2) is 24.0 Å². The van der Waals surface area contributed by atoms with Gasteiger partial charge in [0.2, 0.25) is 0 Å². The summed E-state index contributed by atoms with van der Waals surface area (Å²) in [7, 11) is 1.64. The zero-order valence-electron chi connectivity index (χ0n) is 5.64. The fraction of sp³-hybridized carbons (Fsp3) is 0.429. The highest BCUT2D eigenvalue weighted by Gasteiger charge is 1.72. The van der Waals surface area contributed by atoms with Gasteiger partial charge < -0.3 is 4.74 Å². The van der Waals surface area contributed by atoms with Gasteiger partial charge in [0.25, 0.3) is 0 Å². The Morgan fingerprint density at radius 1 is 1.50 bits per heavy atom. The molecule has 0 aliphatic rings. The van der Waals surface area contributed by atoms with Crippen LogP contribution in [0.25, 0.3) is 0 Å². The molecule has 1 nitrogen and oxygen atoms in total. The Labute approximate surface area is 50.7 Å². The monoisotopic (exact) mass is 112 g/mol. The van der Waals surface area contributed by atoms with E-state index in [9.17, 15) is 0 Å². The summed E-state index contributed by atoms with van der Waals surface area (Å²) in [6.45, 7) is 4.02. The number of ether oxygens (including phenoxy) is 1. The molecule has 0 aliphatic carbocycles. The van der Waals surface area contributed by atoms with Gasteiger partial charge in [0.1, 0.15) is 0 Å². The highest BCUT2D eigenvalue weighted by molar-refractivity contribution is 5.12. The van der Waals surface area contributed by atoms with Gasteiger partial charge in [-0.25, -0.2) is 0 Å². The van der Waals surface area contributed by atoms with Crippen molar-refractivity contribution in [3.05, 3.63) is 24.0 Å². The molecule has 1 heteroatoms. The number of rotatable bonds is 2. The first-order chi connectivity index (χ1) is 3.81. The summed E-state index contributed by atoms with van der Waals surface area (Å²) in [5, 5.41) is 0. The van der Waals surface area contributed by atoms with Crippen LogP contribution in [-0.4, -0.2) is 7.11 Å². The van der Waals surface area contributed by atoms with Crippen molar-refractivity contribution < 1.29 is 4.74 Å². The number of allylic oxidation sites excluding steroid dienone is 3. The predicted molar refractivity (Wildman–Crippen MR) is 35.6 cm³/mol. The first-order valence-electron chi connectivity index (χ1n) is 2.63. The Morgan fingerprint density at radius 3 is 2.50 bits per heavy atom. The van der Waals surface area contributed by atoms with E-state index in [0.29, 0.717) is 0 Å². The molecule has 0 radical (unpaired) electrons. The Kier molecular flexibility index (Phi) is 4.04. The number of hydrogen-bond donors (Lipinski definition) is 0. The molecule has 0 aliphatic heterocycles. The maximum Gasteiger partial charge on any atom is 0.0827 e. The van der Waals surface area contributed by atoms with E-state index in [1.807, 2.05) is 26.0 Å². The normalized spacial score (nSPS) is 12.6. The third-order valence-corrected chi connectivity index (χ3v) is 0.922. The summed E-state index contributed by atoms with van der Waals surface area (Å²) >= 11 is 0. The third-order valence-electron chi connectivity index (χ3n) is 0.922. The Balaban J connectivity index is 3.53. The molecular formula is C7H12O. The van der Waals surface area contributed by atoms with E-state index in [2.05, 4.69) is 0 Å². The van der Waals surface area contributed by atoms with Crippen LogP contribution >= 0.6 is 0 Å². The largest absolute Gasteiger partial charge is 0.504 e. The lowest BCUT2D eigenvalue weighted by Crippen LogP contribution is -1.67. The first-order valence-corrected chi connectivity index (χ1v) is 2.63. The van der Waals surface area contributed by atoms with E-state index in [4.69, 9.17) is 4.74 Å². The molecular weight excluding hydrogens is 100 g/mol. The Hall–Kier alpha value is -0.720. The molecule has 0 saturated carbocycles. The second-order valence-electron chi connectivity index (χ2n) is 1.57.